The van der Waals surface area contributed by atoms with Crippen LogP contribution in [0.1, 0.15) is 10.4 Å². The molecule has 0 aromatic heterocycles. The molecule has 0 fully saturated rings. The van der Waals surface area contributed by atoms with E-state index >= 15 is 0 Å². The maximum absolute atomic E-state index is 12.7. The Morgan fingerprint density at radius 3 is 2.59 bits per heavy atom. The number of amides is 1. The predicted molar refractivity (Wildman–Crippen MR) is 60.0 cm³/mol. The van der Waals surface area contributed by atoms with Gasteiger partial charge in [-0.25, -0.2) is 13.2 Å². The molecule has 7 heteroatoms. The molecule has 0 bridgehead atoms. The van der Waals surface area contributed by atoms with Gasteiger partial charge in [-0.3, -0.25) is 4.79 Å². The number of halogens is 4. The van der Waals surface area contributed by atoms with E-state index < -0.39 is 30.7 Å². The van der Waals surface area contributed by atoms with Gasteiger partial charge in [-0.15, -0.1) is 12.4 Å². The molecule has 1 rings (SSSR count). The number of carbonyl (C=O) groups excluding carboxylic acids is 1. The topological polar surface area (TPSA) is 55.1 Å². The van der Waals surface area contributed by atoms with E-state index in [0.717, 1.165) is 12.1 Å². The second kappa shape index (κ2) is 6.46. The summed E-state index contributed by atoms with van der Waals surface area (Å²) >= 11 is 0. The average Bonchev–Trinajstić information content (AvgIpc) is 2.26. The normalized spacial score (nSPS) is 10.6. The molecule has 3 N–H and O–H groups in total. The highest BCUT2D eigenvalue weighted by Gasteiger charge is 2.27. The first-order valence-electron chi connectivity index (χ1n) is 4.56. The van der Waals surface area contributed by atoms with Crippen molar-refractivity contribution in [1.29, 1.82) is 0 Å². The van der Waals surface area contributed by atoms with Gasteiger partial charge in [0.2, 0.25) is 0 Å². The summed E-state index contributed by atoms with van der Waals surface area (Å²) in [5.74, 6) is -4.51. The standard InChI is InChI=1S/C10H11F3N2O.ClH/c11-8-3-1-2-7(4-8)9(16)15-6-10(12,13)5-14;/h1-4H,5-6,14H2,(H,15,16);1H. The highest BCUT2D eigenvalue weighted by molar-refractivity contribution is 5.94. The number of carbonyl (C=O) groups is 1. The van der Waals surface area contributed by atoms with Crippen molar-refractivity contribution in [2.24, 2.45) is 5.73 Å². The van der Waals surface area contributed by atoms with Crippen LogP contribution in [-0.2, 0) is 0 Å². The van der Waals surface area contributed by atoms with Gasteiger partial charge in [0.1, 0.15) is 5.82 Å². The van der Waals surface area contributed by atoms with E-state index in [4.69, 9.17) is 5.73 Å². The molecule has 17 heavy (non-hydrogen) atoms. The van der Waals surface area contributed by atoms with Gasteiger partial charge in [-0.1, -0.05) is 6.07 Å². The van der Waals surface area contributed by atoms with E-state index in [2.05, 4.69) is 0 Å². The van der Waals surface area contributed by atoms with Crippen molar-refractivity contribution >= 4 is 18.3 Å². The zero-order valence-electron chi connectivity index (χ0n) is 8.75. The minimum Gasteiger partial charge on any atom is -0.346 e. The first-order chi connectivity index (χ1) is 7.44. The molecular weight excluding hydrogens is 257 g/mol. The van der Waals surface area contributed by atoms with Gasteiger partial charge >= 0.3 is 0 Å². The van der Waals surface area contributed by atoms with Crippen molar-refractivity contribution in [2.75, 3.05) is 13.1 Å². The highest BCUT2D eigenvalue weighted by Crippen LogP contribution is 2.09. The van der Waals surface area contributed by atoms with Gasteiger partial charge in [-0.05, 0) is 18.2 Å². The summed E-state index contributed by atoms with van der Waals surface area (Å²) in [6, 6.07) is 4.78. The summed E-state index contributed by atoms with van der Waals surface area (Å²) in [4.78, 5) is 11.3. The largest absolute Gasteiger partial charge is 0.346 e. The lowest BCUT2D eigenvalue weighted by Crippen LogP contribution is -2.41. The van der Waals surface area contributed by atoms with E-state index in [1.54, 1.807) is 0 Å². The van der Waals surface area contributed by atoms with Gasteiger partial charge < -0.3 is 11.1 Å². The van der Waals surface area contributed by atoms with E-state index in [1.165, 1.54) is 12.1 Å². The molecule has 1 amide bonds. The summed E-state index contributed by atoms with van der Waals surface area (Å²) in [7, 11) is 0. The lowest BCUT2D eigenvalue weighted by atomic mass is 10.2. The van der Waals surface area contributed by atoms with Crippen LogP contribution in [0, 0.1) is 5.82 Å². The molecule has 0 heterocycles. The molecule has 0 spiro atoms. The minimum absolute atomic E-state index is 0. The smallest absolute Gasteiger partial charge is 0.277 e. The third-order valence-electron chi connectivity index (χ3n) is 1.89. The minimum atomic E-state index is -3.15. The van der Waals surface area contributed by atoms with E-state index in [1.807, 2.05) is 5.32 Å². The fourth-order valence-electron chi connectivity index (χ4n) is 1.01. The number of hydrogen-bond donors (Lipinski definition) is 2. The number of hydrogen-bond acceptors (Lipinski definition) is 2. The van der Waals surface area contributed by atoms with Crippen LogP contribution in [0.25, 0.3) is 0 Å². The van der Waals surface area contributed by atoms with Gasteiger partial charge in [-0.2, -0.15) is 0 Å². The van der Waals surface area contributed by atoms with E-state index in [-0.39, 0.29) is 18.0 Å². The van der Waals surface area contributed by atoms with Gasteiger partial charge in [0, 0.05) is 5.56 Å². The van der Waals surface area contributed by atoms with Crippen LogP contribution in [0.15, 0.2) is 24.3 Å². The van der Waals surface area contributed by atoms with Gasteiger partial charge in [0.05, 0.1) is 13.1 Å². The van der Waals surface area contributed by atoms with Gasteiger partial charge in [0.15, 0.2) is 0 Å². The predicted octanol–water partition coefficient (Wildman–Crippen LogP) is 1.57. The Balaban J connectivity index is 0.00000256. The lowest BCUT2D eigenvalue weighted by Gasteiger charge is -2.14. The van der Waals surface area contributed by atoms with Crippen LogP contribution in [0.4, 0.5) is 13.2 Å². The molecule has 0 saturated heterocycles. The maximum Gasteiger partial charge on any atom is 0.277 e. The third-order valence-corrected chi connectivity index (χ3v) is 1.89. The van der Waals surface area contributed by atoms with Crippen LogP contribution < -0.4 is 11.1 Å². The Bertz CT molecular complexity index is 388. The molecule has 0 aliphatic heterocycles. The monoisotopic (exact) mass is 268 g/mol. The van der Waals surface area contributed by atoms with Crippen LogP contribution >= 0.6 is 12.4 Å². The van der Waals surface area contributed by atoms with E-state index in [9.17, 15) is 18.0 Å². The Labute approximate surface area is 103 Å². The second-order valence-electron chi connectivity index (χ2n) is 3.25. The quantitative estimate of drug-likeness (QED) is 0.871. The number of nitrogens with two attached hydrogens (primary N) is 1. The van der Waals surface area contributed by atoms with Crippen LogP contribution in [0.5, 0.6) is 0 Å². The summed E-state index contributed by atoms with van der Waals surface area (Å²) in [6.45, 7) is -1.71. The van der Waals surface area contributed by atoms with Crippen molar-refractivity contribution in [1.82, 2.24) is 5.32 Å². The van der Waals surface area contributed by atoms with Crippen molar-refractivity contribution in [3.8, 4) is 0 Å². The molecule has 0 aliphatic carbocycles. The van der Waals surface area contributed by atoms with Crippen LogP contribution in [0.3, 0.4) is 0 Å². The molecule has 3 nitrogen and oxygen atoms in total. The van der Waals surface area contributed by atoms with Crippen LogP contribution in [0.2, 0.25) is 0 Å². The number of rotatable bonds is 4. The molecular formula is C10H12ClF3N2O. The summed E-state index contributed by atoms with van der Waals surface area (Å²) in [5, 5.41) is 1.98. The summed E-state index contributed by atoms with van der Waals surface area (Å²) < 4.78 is 38.1. The molecule has 0 radical (unpaired) electrons. The van der Waals surface area contributed by atoms with Crippen LogP contribution in [-0.4, -0.2) is 24.9 Å². The molecule has 0 saturated carbocycles. The third kappa shape index (κ3) is 5.06. The summed E-state index contributed by atoms with van der Waals surface area (Å²) in [6.07, 6.45) is 0. The lowest BCUT2D eigenvalue weighted by molar-refractivity contribution is 0.0118. The summed E-state index contributed by atoms with van der Waals surface area (Å²) in [5.41, 5.74) is 4.79. The van der Waals surface area contributed by atoms with Gasteiger partial charge in [0.25, 0.3) is 11.8 Å². The average molecular weight is 269 g/mol. The van der Waals surface area contributed by atoms with Crippen molar-refractivity contribution in [2.45, 2.75) is 5.92 Å². The molecule has 96 valence electrons. The van der Waals surface area contributed by atoms with Crippen molar-refractivity contribution < 1.29 is 18.0 Å². The fourth-order valence-corrected chi connectivity index (χ4v) is 1.01. The Hall–Kier alpha value is -1.27. The molecule has 0 aliphatic rings. The maximum atomic E-state index is 12.7. The van der Waals surface area contributed by atoms with Crippen molar-refractivity contribution in [3.63, 3.8) is 0 Å². The molecule has 0 unspecified atom stereocenters. The molecule has 1 aromatic carbocycles. The SMILES string of the molecule is Cl.NCC(F)(F)CNC(=O)c1cccc(F)c1. The Kier molecular flexibility index (Phi) is 5.98. The highest BCUT2D eigenvalue weighted by atomic mass is 35.5. The fraction of sp³-hybridized carbons (Fsp3) is 0.300. The first kappa shape index (κ1) is 15.7. The zero-order valence-corrected chi connectivity index (χ0v) is 9.57. The number of nitrogens with one attached hydrogen (secondary N) is 1. The number of benzene rings is 1. The van der Waals surface area contributed by atoms with Crippen molar-refractivity contribution in [3.05, 3.63) is 35.6 Å². The molecule has 0 atom stereocenters. The second-order valence-corrected chi connectivity index (χ2v) is 3.25. The zero-order chi connectivity index (χ0) is 12.2. The Morgan fingerprint density at radius 2 is 2.06 bits per heavy atom. The van der Waals surface area contributed by atoms with E-state index in [0.29, 0.717) is 0 Å². The Morgan fingerprint density at radius 1 is 1.41 bits per heavy atom. The molecule has 1 aromatic rings. The number of alkyl halides is 2. The first-order valence-corrected chi connectivity index (χ1v) is 4.56.